The Morgan fingerprint density at radius 1 is 1.29 bits per heavy atom. The molecule has 3 heteroatoms. The first kappa shape index (κ1) is 11.5. The predicted molar refractivity (Wildman–Crippen MR) is 64.9 cm³/mol. The third-order valence-electron chi connectivity index (χ3n) is 2.31. The predicted octanol–water partition coefficient (Wildman–Crippen LogP) is 3.08. The molecule has 0 aliphatic rings. The van der Waals surface area contributed by atoms with Gasteiger partial charge >= 0.3 is 0 Å². The van der Waals surface area contributed by atoms with Crippen molar-refractivity contribution >= 4 is 21.6 Å². The van der Waals surface area contributed by atoms with Crippen LogP contribution in [0.25, 0.3) is 0 Å². The molecule has 1 aromatic carbocycles. The highest BCUT2D eigenvalue weighted by molar-refractivity contribution is 9.10. The van der Waals surface area contributed by atoms with Crippen molar-refractivity contribution in [3.8, 4) is 0 Å². The summed E-state index contributed by atoms with van der Waals surface area (Å²) in [7, 11) is 0. The molecule has 4 N–H and O–H groups in total. The lowest BCUT2D eigenvalue weighted by Crippen LogP contribution is -2.26. The first-order valence-electron chi connectivity index (χ1n) is 4.63. The lowest BCUT2D eigenvalue weighted by molar-refractivity contribution is 0.327. The molecule has 0 radical (unpaired) electrons. The molecular weight excluding hydrogens is 240 g/mol. The van der Waals surface area contributed by atoms with E-state index in [9.17, 15) is 0 Å². The first-order chi connectivity index (χ1) is 6.32. The van der Waals surface area contributed by atoms with Crippen LogP contribution in [0.2, 0.25) is 0 Å². The van der Waals surface area contributed by atoms with Crippen LogP contribution in [0, 0.1) is 5.41 Å². The van der Waals surface area contributed by atoms with Crippen molar-refractivity contribution < 1.29 is 0 Å². The van der Waals surface area contributed by atoms with Crippen LogP contribution >= 0.6 is 15.9 Å². The molecular formula is C11H17BrN2. The van der Waals surface area contributed by atoms with Gasteiger partial charge < -0.3 is 11.5 Å². The molecule has 1 aromatic rings. The number of rotatable bonds is 1. The van der Waals surface area contributed by atoms with E-state index in [0.29, 0.717) is 0 Å². The molecule has 1 atom stereocenters. The lowest BCUT2D eigenvalue weighted by atomic mass is 9.83. The Hall–Kier alpha value is -0.540. The van der Waals surface area contributed by atoms with Crippen LogP contribution in [0.1, 0.15) is 32.4 Å². The number of nitrogens with two attached hydrogens (primary N) is 2. The molecule has 14 heavy (non-hydrogen) atoms. The van der Waals surface area contributed by atoms with E-state index in [1.54, 1.807) is 0 Å². The Kier molecular flexibility index (Phi) is 3.22. The Morgan fingerprint density at radius 2 is 1.86 bits per heavy atom. The highest BCUT2D eigenvalue weighted by atomic mass is 79.9. The van der Waals surface area contributed by atoms with Crippen molar-refractivity contribution in [1.82, 2.24) is 0 Å². The number of nitrogen functional groups attached to an aromatic ring is 1. The maximum Gasteiger partial charge on any atom is 0.0461 e. The van der Waals surface area contributed by atoms with E-state index in [0.717, 1.165) is 15.7 Å². The van der Waals surface area contributed by atoms with Gasteiger partial charge in [-0.1, -0.05) is 26.8 Å². The van der Waals surface area contributed by atoms with Crippen molar-refractivity contribution in [3.05, 3.63) is 28.2 Å². The fraction of sp³-hybridized carbons (Fsp3) is 0.455. The van der Waals surface area contributed by atoms with Crippen molar-refractivity contribution in [3.63, 3.8) is 0 Å². The summed E-state index contributed by atoms with van der Waals surface area (Å²) in [5, 5.41) is 0. The highest BCUT2D eigenvalue weighted by Gasteiger charge is 2.22. The summed E-state index contributed by atoms with van der Waals surface area (Å²) in [5.41, 5.74) is 13.8. The molecule has 78 valence electrons. The molecule has 0 saturated carbocycles. The third-order valence-corrected chi connectivity index (χ3v) is 3.03. The average molecular weight is 257 g/mol. The summed E-state index contributed by atoms with van der Waals surface area (Å²) in [6.07, 6.45) is 0. The van der Waals surface area contributed by atoms with Gasteiger partial charge in [0.25, 0.3) is 0 Å². The van der Waals surface area contributed by atoms with E-state index in [1.807, 2.05) is 18.2 Å². The van der Waals surface area contributed by atoms with Crippen molar-refractivity contribution in [2.75, 3.05) is 5.73 Å². The molecule has 0 fully saturated rings. The van der Waals surface area contributed by atoms with Gasteiger partial charge in [0.2, 0.25) is 0 Å². The van der Waals surface area contributed by atoms with Crippen LogP contribution in [0.3, 0.4) is 0 Å². The van der Waals surface area contributed by atoms with Gasteiger partial charge in [0.1, 0.15) is 0 Å². The third kappa shape index (κ3) is 2.49. The normalized spacial score (nSPS) is 14.1. The zero-order chi connectivity index (χ0) is 10.9. The molecule has 0 bridgehead atoms. The van der Waals surface area contributed by atoms with Gasteiger partial charge in [-0.3, -0.25) is 0 Å². The van der Waals surface area contributed by atoms with Gasteiger partial charge in [-0.05, 0) is 39.0 Å². The SMILES string of the molecule is CC(C)(C)C(N)c1ccc(Br)c(N)c1. The number of benzene rings is 1. The van der Waals surface area contributed by atoms with E-state index >= 15 is 0 Å². The minimum Gasteiger partial charge on any atom is -0.398 e. The minimum atomic E-state index is 0.0119. The largest absolute Gasteiger partial charge is 0.398 e. The second kappa shape index (κ2) is 3.91. The van der Waals surface area contributed by atoms with Crippen molar-refractivity contribution in [2.24, 2.45) is 11.1 Å². The summed E-state index contributed by atoms with van der Waals surface area (Å²) in [4.78, 5) is 0. The Morgan fingerprint density at radius 3 is 2.29 bits per heavy atom. The first-order valence-corrected chi connectivity index (χ1v) is 5.42. The van der Waals surface area contributed by atoms with Crippen LogP contribution in [-0.4, -0.2) is 0 Å². The monoisotopic (exact) mass is 256 g/mol. The average Bonchev–Trinajstić information content (AvgIpc) is 2.07. The summed E-state index contributed by atoms with van der Waals surface area (Å²) in [6, 6.07) is 5.89. The number of halogens is 1. The van der Waals surface area contributed by atoms with E-state index in [1.165, 1.54) is 0 Å². The lowest BCUT2D eigenvalue weighted by Gasteiger charge is -2.27. The molecule has 0 amide bonds. The molecule has 1 unspecified atom stereocenters. The minimum absolute atomic E-state index is 0.0119. The Balaban J connectivity index is 3.03. The van der Waals surface area contributed by atoms with E-state index in [-0.39, 0.29) is 11.5 Å². The van der Waals surface area contributed by atoms with E-state index in [2.05, 4.69) is 36.7 Å². The maximum atomic E-state index is 6.12. The second-order valence-corrected chi connectivity index (χ2v) is 5.48. The number of hydrogen-bond acceptors (Lipinski definition) is 2. The molecule has 0 aliphatic heterocycles. The quantitative estimate of drug-likeness (QED) is 0.759. The van der Waals surface area contributed by atoms with Gasteiger partial charge in [-0.15, -0.1) is 0 Å². The summed E-state index contributed by atoms with van der Waals surface area (Å²) in [5.74, 6) is 0. The molecule has 1 rings (SSSR count). The van der Waals surface area contributed by atoms with Crippen LogP contribution in [0.5, 0.6) is 0 Å². The standard InChI is InChI=1S/C11H17BrN2/c1-11(2,3)10(14)7-4-5-8(12)9(13)6-7/h4-6,10H,13-14H2,1-3H3. The van der Waals surface area contributed by atoms with Gasteiger partial charge in [-0.2, -0.15) is 0 Å². The summed E-state index contributed by atoms with van der Waals surface area (Å²) >= 11 is 3.36. The fourth-order valence-corrected chi connectivity index (χ4v) is 1.50. The molecule has 0 heterocycles. The Labute approximate surface area is 93.8 Å². The van der Waals surface area contributed by atoms with Gasteiger partial charge in [0.05, 0.1) is 0 Å². The molecule has 2 nitrogen and oxygen atoms in total. The topological polar surface area (TPSA) is 52.0 Å². The van der Waals surface area contributed by atoms with E-state index < -0.39 is 0 Å². The zero-order valence-electron chi connectivity index (χ0n) is 8.84. The van der Waals surface area contributed by atoms with Crippen LogP contribution in [0.15, 0.2) is 22.7 Å². The summed E-state index contributed by atoms with van der Waals surface area (Å²) < 4.78 is 0.919. The second-order valence-electron chi connectivity index (χ2n) is 4.62. The van der Waals surface area contributed by atoms with Gasteiger partial charge in [0.15, 0.2) is 0 Å². The van der Waals surface area contributed by atoms with Crippen LogP contribution in [-0.2, 0) is 0 Å². The van der Waals surface area contributed by atoms with Crippen molar-refractivity contribution in [2.45, 2.75) is 26.8 Å². The summed E-state index contributed by atoms with van der Waals surface area (Å²) in [6.45, 7) is 6.36. The maximum absolute atomic E-state index is 6.12. The van der Waals surface area contributed by atoms with Gasteiger partial charge in [0, 0.05) is 16.2 Å². The van der Waals surface area contributed by atoms with E-state index in [4.69, 9.17) is 11.5 Å². The fourth-order valence-electron chi connectivity index (χ4n) is 1.26. The zero-order valence-corrected chi connectivity index (χ0v) is 10.4. The number of hydrogen-bond donors (Lipinski definition) is 2. The smallest absolute Gasteiger partial charge is 0.0461 e. The molecule has 0 saturated heterocycles. The number of anilines is 1. The molecule has 0 spiro atoms. The van der Waals surface area contributed by atoms with Crippen molar-refractivity contribution in [1.29, 1.82) is 0 Å². The molecule has 0 aromatic heterocycles. The van der Waals surface area contributed by atoms with Gasteiger partial charge in [-0.25, -0.2) is 0 Å². The van der Waals surface area contributed by atoms with Crippen LogP contribution < -0.4 is 11.5 Å². The highest BCUT2D eigenvalue weighted by Crippen LogP contribution is 2.32. The van der Waals surface area contributed by atoms with Crippen LogP contribution in [0.4, 0.5) is 5.69 Å². The Bertz CT molecular complexity index is 329. The molecule has 0 aliphatic carbocycles.